The highest BCUT2D eigenvalue weighted by Crippen LogP contribution is 2.26. The first-order valence-corrected chi connectivity index (χ1v) is 8.31. The highest BCUT2D eigenvalue weighted by atomic mass is 16.5. The van der Waals surface area contributed by atoms with E-state index in [-0.39, 0.29) is 5.78 Å². The topological polar surface area (TPSA) is 34.5 Å². The number of Topliss-reactive ketones (excluding diaryl/α,β-unsaturated/α-hetero) is 1. The molecule has 0 aliphatic heterocycles. The van der Waals surface area contributed by atoms with Crippen LogP contribution in [0.15, 0.2) is 48.3 Å². The number of benzene rings is 1. The Labute approximate surface area is 143 Å². The molecule has 24 heavy (non-hydrogen) atoms. The van der Waals surface area contributed by atoms with Gasteiger partial charge >= 0.3 is 0 Å². The number of methoxy groups -OCH3 is 1. The van der Waals surface area contributed by atoms with Gasteiger partial charge in [0.2, 0.25) is 5.78 Å². The van der Waals surface area contributed by atoms with Crippen molar-refractivity contribution < 1.29 is 9.53 Å². The number of aromatic nitrogens is 1. The van der Waals surface area contributed by atoms with E-state index < -0.39 is 0 Å². The van der Waals surface area contributed by atoms with Crippen LogP contribution in [0, 0.1) is 0 Å². The zero-order chi connectivity index (χ0) is 17.1. The maximum Gasteiger partial charge on any atom is 0.207 e. The molecule has 1 aliphatic carbocycles. The lowest BCUT2D eigenvalue weighted by Gasteiger charge is -2.12. The van der Waals surface area contributed by atoms with Crippen LogP contribution in [-0.2, 0) is 13.0 Å². The van der Waals surface area contributed by atoms with E-state index in [0.29, 0.717) is 6.54 Å². The van der Waals surface area contributed by atoms with Gasteiger partial charge in [-0.1, -0.05) is 12.1 Å². The highest BCUT2D eigenvalue weighted by molar-refractivity contribution is 6.09. The van der Waals surface area contributed by atoms with Gasteiger partial charge in [0.1, 0.15) is 5.75 Å². The second kappa shape index (κ2) is 6.95. The van der Waals surface area contributed by atoms with E-state index in [1.807, 2.05) is 55.7 Å². The van der Waals surface area contributed by atoms with E-state index in [4.69, 9.17) is 4.74 Å². The molecule has 0 fully saturated rings. The number of nitrogens with zero attached hydrogens (tertiary/aromatic N) is 2. The van der Waals surface area contributed by atoms with Gasteiger partial charge in [-0.25, -0.2) is 0 Å². The van der Waals surface area contributed by atoms with E-state index in [9.17, 15) is 4.79 Å². The molecule has 1 heterocycles. The monoisotopic (exact) mass is 324 g/mol. The van der Waals surface area contributed by atoms with Crippen molar-refractivity contribution in [2.45, 2.75) is 25.8 Å². The Bertz CT molecular complexity index is 754. The van der Waals surface area contributed by atoms with Crippen LogP contribution in [0.25, 0.3) is 0 Å². The van der Waals surface area contributed by atoms with Gasteiger partial charge in [0.05, 0.1) is 12.8 Å². The predicted molar refractivity (Wildman–Crippen MR) is 95.6 cm³/mol. The standard InChI is InChI=1S/C20H24N2O2/c1-21(2)14-17-6-4-5-16-11-12-22(19(16)20(17)23)13-15-7-9-18(24-3)10-8-15/h7-12,14H,4-6,13H2,1-3H3/b17-14+. The summed E-state index contributed by atoms with van der Waals surface area (Å²) in [6.45, 7) is 0.695. The Morgan fingerprint density at radius 3 is 2.58 bits per heavy atom. The molecular weight excluding hydrogens is 300 g/mol. The van der Waals surface area contributed by atoms with Gasteiger partial charge in [0.25, 0.3) is 0 Å². The Kier molecular flexibility index (Phi) is 4.74. The van der Waals surface area contributed by atoms with Crippen LogP contribution in [0.2, 0.25) is 0 Å². The fourth-order valence-corrected chi connectivity index (χ4v) is 3.23. The molecule has 0 spiro atoms. The van der Waals surface area contributed by atoms with E-state index >= 15 is 0 Å². The number of allylic oxidation sites excluding steroid dienone is 1. The molecule has 4 heteroatoms. The number of hydrogen-bond donors (Lipinski definition) is 0. The molecule has 0 radical (unpaired) electrons. The normalized spacial score (nSPS) is 16.0. The first kappa shape index (κ1) is 16.4. The lowest BCUT2D eigenvalue weighted by atomic mass is 10.1. The van der Waals surface area contributed by atoms with Gasteiger partial charge in [0, 0.05) is 38.6 Å². The molecule has 0 N–H and O–H groups in total. The van der Waals surface area contributed by atoms with Crippen LogP contribution >= 0.6 is 0 Å². The minimum atomic E-state index is 0.162. The summed E-state index contributed by atoms with van der Waals surface area (Å²) >= 11 is 0. The van der Waals surface area contributed by atoms with Crippen molar-refractivity contribution in [3.05, 3.63) is 65.1 Å². The number of fused-ring (bicyclic) bond motifs is 1. The highest BCUT2D eigenvalue weighted by Gasteiger charge is 2.24. The van der Waals surface area contributed by atoms with Gasteiger partial charge in [-0.2, -0.15) is 0 Å². The van der Waals surface area contributed by atoms with Crippen LogP contribution < -0.4 is 4.74 Å². The minimum absolute atomic E-state index is 0.162. The van der Waals surface area contributed by atoms with Gasteiger partial charge in [-0.05, 0) is 48.6 Å². The number of ketones is 1. The molecule has 1 aromatic heterocycles. The molecule has 0 saturated heterocycles. The van der Waals surface area contributed by atoms with Gasteiger partial charge in [-0.15, -0.1) is 0 Å². The Balaban J connectivity index is 1.92. The van der Waals surface area contributed by atoms with Crippen LogP contribution in [0.4, 0.5) is 0 Å². The smallest absolute Gasteiger partial charge is 0.207 e. The predicted octanol–water partition coefficient (Wildman–Crippen LogP) is 3.51. The Morgan fingerprint density at radius 1 is 1.17 bits per heavy atom. The molecule has 0 atom stereocenters. The fraction of sp³-hybridized carbons (Fsp3) is 0.350. The van der Waals surface area contributed by atoms with Crippen molar-refractivity contribution in [1.82, 2.24) is 9.47 Å². The average Bonchev–Trinajstić information content (AvgIpc) is 2.89. The Hall–Kier alpha value is -2.49. The zero-order valence-electron chi connectivity index (χ0n) is 14.6. The zero-order valence-corrected chi connectivity index (χ0v) is 14.6. The molecule has 1 aliphatic rings. The maximum absolute atomic E-state index is 13.0. The summed E-state index contributed by atoms with van der Waals surface area (Å²) in [7, 11) is 5.59. The van der Waals surface area contributed by atoms with Gasteiger partial charge < -0.3 is 14.2 Å². The molecule has 0 amide bonds. The second-order valence-corrected chi connectivity index (χ2v) is 6.47. The molecule has 0 bridgehead atoms. The van der Waals surface area contributed by atoms with Crippen LogP contribution in [0.3, 0.4) is 0 Å². The first-order chi connectivity index (χ1) is 11.6. The molecule has 1 aromatic carbocycles. The third-order valence-electron chi connectivity index (χ3n) is 4.37. The number of carbonyl (C=O) groups excluding carboxylic acids is 1. The van der Waals surface area contributed by atoms with E-state index in [0.717, 1.165) is 47.4 Å². The number of hydrogen-bond acceptors (Lipinski definition) is 3. The average molecular weight is 324 g/mol. The summed E-state index contributed by atoms with van der Waals surface area (Å²) in [5.74, 6) is 1.01. The number of carbonyl (C=O) groups is 1. The van der Waals surface area contributed by atoms with Crippen LogP contribution in [0.1, 0.15) is 34.5 Å². The number of rotatable bonds is 4. The SMILES string of the molecule is COc1ccc(Cn2ccc3c2C(=O)/C(=C/N(C)C)CCC3)cc1. The van der Waals surface area contributed by atoms with Crippen LogP contribution in [0.5, 0.6) is 5.75 Å². The molecule has 126 valence electrons. The summed E-state index contributed by atoms with van der Waals surface area (Å²) in [5, 5.41) is 0. The summed E-state index contributed by atoms with van der Waals surface area (Å²) in [6, 6.07) is 10.1. The number of ether oxygens (including phenoxy) is 1. The third-order valence-corrected chi connectivity index (χ3v) is 4.37. The molecule has 3 rings (SSSR count). The molecular formula is C20H24N2O2. The van der Waals surface area contributed by atoms with E-state index in [2.05, 4.69) is 10.6 Å². The number of aryl methyl sites for hydroxylation is 1. The maximum atomic E-state index is 13.0. The van der Waals surface area contributed by atoms with Crippen molar-refractivity contribution in [2.24, 2.45) is 0 Å². The van der Waals surface area contributed by atoms with Crippen molar-refractivity contribution in [3.63, 3.8) is 0 Å². The summed E-state index contributed by atoms with van der Waals surface area (Å²) in [6.07, 6.45) is 6.81. The summed E-state index contributed by atoms with van der Waals surface area (Å²) in [4.78, 5) is 15.0. The second-order valence-electron chi connectivity index (χ2n) is 6.47. The molecule has 0 unspecified atom stereocenters. The minimum Gasteiger partial charge on any atom is -0.497 e. The lowest BCUT2D eigenvalue weighted by Crippen LogP contribution is -2.14. The Morgan fingerprint density at radius 2 is 1.92 bits per heavy atom. The van der Waals surface area contributed by atoms with E-state index in [1.54, 1.807) is 7.11 Å². The van der Waals surface area contributed by atoms with Crippen molar-refractivity contribution in [1.29, 1.82) is 0 Å². The summed E-state index contributed by atoms with van der Waals surface area (Å²) in [5.41, 5.74) is 4.06. The molecule has 2 aromatic rings. The van der Waals surface area contributed by atoms with Crippen molar-refractivity contribution in [2.75, 3.05) is 21.2 Å². The van der Waals surface area contributed by atoms with E-state index in [1.165, 1.54) is 0 Å². The summed E-state index contributed by atoms with van der Waals surface area (Å²) < 4.78 is 7.28. The quantitative estimate of drug-likeness (QED) is 0.637. The van der Waals surface area contributed by atoms with Crippen molar-refractivity contribution in [3.8, 4) is 5.75 Å². The fourth-order valence-electron chi connectivity index (χ4n) is 3.23. The third kappa shape index (κ3) is 3.37. The van der Waals surface area contributed by atoms with Gasteiger partial charge in [0.15, 0.2) is 0 Å². The van der Waals surface area contributed by atoms with Crippen molar-refractivity contribution >= 4 is 5.78 Å². The molecule has 4 nitrogen and oxygen atoms in total. The first-order valence-electron chi connectivity index (χ1n) is 8.31. The lowest BCUT2D eigenvalue weighted by molar-refractivity contribution is 0.102. The van der Waals surface area contributed by atoms with Gasteiger partial charge in [-0.3, -0.25) is 4.79 Å². The molecule has 0 saturated carbocycles. The van der Waals surface area contributed by atoms with Crippen LogP contribution in [-0.4, -0.2) is 36.5 Å². The largest absolute Gasteiger partial charge is 0.497 e.